The lowest BCUT2D eigenvalue weighted by molar-refractivity contribution is -0.140. The summed E-state index contributed by atoms with van der Waals surface area (Å²) in [5.41, 5.74) is 0. The molecule has 2 nitrogen and oxygen atoms in total. The number of ether oxygens (including phenoxy) is 1. The average Bonchev–Trinajstić information content (AvgIpc) is 2.40. The van der Waals surface area contributed by atoms with E-state index in [9.17, 15) is 4.79 Å². The van der Waals surface area contributed by atoms with Crippen LogP contribution >= 0.6 is 0 Å². The molecule has 0 spiro atoms. The van der Waals surface area contributed by atoms with Gasteiger partial charge in [-0.2, -0.15) is 0 Å². The van der Waals surface area contributed by atoms with Crippen LogP contribution in [0.25, 0.3) is 0 Å². The van der Waals surface area contributed by atoms with E-state index in [0.29, 0.717) is 5.76 Å². The molecule has 50 valence electrons. The van der Waals surface area contributed by atoms with Crippen molar-refractivity contribution >= 4 is 5.97 Å². The van der Waals surface area contributed by atoms with Crippen LogP contribution < -0.4 is 0 Å². The van der Waals surface area contributed by atoms with Gasteiger partial charge in [0.05, 0.1) is 11.7 Å². The zero-order valence-corrected chi connectivity index (χ0v) is 5.52. The predicted molar refractivity (Wildman–Crippen MR) is 33.6 cm³/mol. The third-order valence-electron chi connectivity index (χ3n) is 1.19. The molecule has 2 heteroatoms. The van der Waals surface area contributed by atoms with Crippen LogP contribution in [-0.2, 0) is 9.53 Å². The summed E-state index contributed by atoms with van der Waals surface area (Å²) >= 11 is 0. The van der Waals surface area contributed by atoms with E-state index in [4.69, 9.17) is 4.74 Å². The van der Waals surface area contributed by atoms with Gasteiger partial charge in [-0.3, -0.25) is 4.79 Å². The topological polar surface area (TPSA) is 26.3 Å². The Morgan fingerprint density at radius 3 is 2.56 bits per heavy atom. The van der Waals surface area contributed by atoms with Gasteiger partial charge in [0.15, 0.2) is 0 Å². The average molecular weight is 126 g/mol. The first-order valence-corrected chi connectivity index (χ1v) is 3.07. The molecule has 1 rings (SSSR count). The molecule has 0 amide bonds. The summed E-state index contributed by atoms with van der Waals surface area (Å²) < 4.78 is 4.74. The monoisotopic (exact) mass is 126 g/mol. The molecule has 0 aromatic carbocycles. The van der Waals surface area contributed by atoms with Gasteiger partial charge in [-0.25, -0.2) is 0 Å². The van der Waals surface area contributed by atoms with E-state index >= 15 is 0 Å². The minimum Gasteiger partial charge on any atom is -0.432 e. The number of rotatable bonds is 2. The third kappa shape index (κ3) is 1.88. The Hall–Kier alpha value is -0.790. The predicted octanol–water partition coefficient (Wildman–Crippen LogP) is 1.47. The summed E-state index contributed by atoms with van der Waals surface area (Å²) in [6.07, 6.45) is 1.98. The molecular weight excluding hydrogens is 116 g/mol. The molecule has 0 aromatic rings. The van der Waals surface area contributed by atoms with Crippen molar-refractivity contribution in [3.8, 4) is 0 Å². The Kier molecular flexibility index (Phi) is 1.56. The number of hydrogen-bond acceptors (Lipinski definition) is 2. The van der Waals surface area contributed by atoms with Crippen LogP contribution in [0.15, 0.2) is 12.3 Å². The summed E-state index contributed by atoms with van der Waals surface area (Å²) in [7, 11) is 0. The van der Waals surface area contributed by atoms with E-state index in [1.807, 2.05) is 0 Å². The first-order chi connectivity index (χ1) is 4.20. The van der Waals surface area contributed by atoms with Gasteiger partial charge in [0.2, 0.25) is 0 Å². The van der Waals surface area contributed by atoms with Crippen LogP contribution in [0.4, 0.5) is 0 Å². The maximum absolute atomic E-state index is 10.7. The fraction of sp³-hybridized carbons (Fsp3) is 0.571. The lowest BCUT2D eigenvalue weighted by Gasteiger charge is -1.98. The Morgan fingerprint density at radius 2 is 2.22 bits per heavy atom. The van der Waals surface area contributed by atoms with Crippen molar-refractivity contribution in [3.63, 3.8) is 0 Å². The minimum absolute atomic E-state index is 0.109. The van der Waals surface area contributed by atoms with Crippen molar-refractivity contribution in [3.05, 3.63) is 12.3 Å². The molecule has 1 aliphatic rings. The molecule has 0 N–H and O–H groups in total. The third-order valence-corrected chi connectivity index (χ3v) is 1.19. The van der Waals surface area contributed by atoms with Crippen LogP contribution in [-0.4, -0.2) is 5.97 Å². The molecule has 1 aliphatic carbocycles. The van der Waals surface area contributed by atoms with Crippen molar-refractivity contribution < 1.29 is 9.53 Å². The van der Waals surface area contributed by atoms with Crippen molar-refractivity contribution in [2.75, 3.05) is 0 Å². The molecular formula is C7H10O2. The second-order valence-electron chi connectivity index (χ2n) is 2.40. The smallest absolute Gasteiger partial charge is 0.313 e. The van der Waals surface area contributed by atoms with Gasteiger partial charge in [-0.15, -0.1) is 0 Å². The van der Waals surface area contributed by atoms with E-state index in [1.165, 1.54) is 0 Å². The number of esters is 1. The Morgan fingerprint density at radius 1 is 1.67 bits per heavy atom. The standard InChI is InChI=1S/C7H10O2/c1-5(2)9-7(8)6-3-4-6/h6H,1,3-4H2,2H3. The minimum atomic E-state index is -0.109. The van der Waals surface area contributed by atoms with Gasteiger partial charge in [-0.1, -0.05) is 6.58 Å². The second kappa shape index (κ2) is 2.21. The molecule has 0 aliphatic heterocycles. The maximum atomic E-state index is 10.7. The van der Waals surface area contributed by atoms with Gasteiger partial charge in [0.1, 0.15) is 0 Å². The molecule has 0 unspecified atom stereocenters. The number of allylic oxidation sites excluding steroid dienone is 1. The molecule has 0 bridgehead atoms. The molecule has 0 atom stereocenters. The molecule has 0 heterocycles. The van der Waals surface area contributed by atoms with E-state index in [0.717, 1.165) is 12.8 Å². The van der Waals surface area contributed by atoms with E-state index in [-0.39, 0.29) is 11.9 Å². The number of carbonyl (C=O) groups is 1. The lowest BCUT2D eigenvalue weighted by atomic mass is 10.4. The highest BCUT2D eigenvalue weighted by atomic mass is 16.5. The number of hydrogen-bond donors (Lipinski definition) is 0. The molecule has 9 heavy (non-hydrogen) atoms. The lowest BCUT2D eigenvalue weighted by Crippen LogP contribution is -2.03. The Labute approximate surface area is 54.5 Å². The quantitative estimate of drug-likeness (QED) is 0.413. The van der Waals surface area contributed by atoms with Crippen LogP contribution in [0, 0.1) is 5.92 Å². The van der Waals surface area contributed by atoms with Crippen molar-refractivity contribution in [1.29, 1.82) is 0 Å². The first kappa shape index (κ1) is 6.33. The van der Waals surface area contributed by atoms with Crippen LogP contribution in [0.1, 0.15) is 19.8 Å². The normalized spacial score (nSPS) is 17.0. The highest BCUT2D eigenvalue weighted by molar-refractivity contribution is 5.75. The molecule has 1 fully saturated rings. The zero-order valence-electron chi connectivity index (χ0n) is 5.52. The fourth-order valence-corrected chi connectivity index (χ4v) is 0.574. The highest BCUT2D eigenvalue weighted by Crippen LogP contribution is 2.30. The molecule has 0 saturated heterocycles. The molecule has 0 radical (unpaired) electrons. The maximum Gasteiger partial charge on any atom is 0.313 e. The van der Waals surface area contributed by atoms with Gasteiger partial charge >= 0.3 is 5.97 Å². The van der Waals surface area contributed by atoms with Gasteiger partial charge in [-0.05, 0) is 19.8 Å². The molecule has 0 aromatic heterocycles. The Bertz CT molecular complexity index is 145. The summed E-state index contributed by atoms with van der Waals surface area (Å²) in [5.74, 6) is 0.566. The second-order valence-corrected chi connectivity index (χ2v) is 2.40. The van der Waals surface area contributed by atoms with E-state index in [2.05, 4.69) is 6.58 Å². The Balaban J connectivity index is 2.26. The van der Waals surface area contributed by atoms with Gasteiger partial charge in [0, 0.05) is 0 Å². The summed E-state index contributed by atoms with van der Waals surface area (Å²) in [6, 6.07) is 0. The van der Waals surface area contributed by atoms with Crippen LogP contribution in [0.5, 0.6) is 0 Å². The van der Waals surface area contributed by atoms with Crippen molar-refractivity contribution in [2.45, 2.75) is 19.8 Å². The van der Waals surface area contributed by atoms with Gasteiger partial charge < -0.3 is 4.74 Å². The SMILES string of the molecule is C=C(C)OC(=O)C1CC1. The summed E-state index contributed by atoms with van der Waals surface area (Å²) in [4.78, 5) is 10.7. The van der Waals surface area contributed by atoms with Crippen molar-refractivity contribution in [2.24, 2.45) is 5.92 Å². The highest BCUT2D eigenvalue weighted by Gasteiger charge is 2.31. The van der Waals surface area contributed by atoms with Crippen molar-refractivity contribution in [1.82, 2.24) is 0 Å². The zero-order chi connectivity index (χ0) is 6.85. The van der Waals surface area contributed by atoms with E-state index in [1.54, 1.807) is 6.92 Å². The largest absolute Gasteiger partial charge is 0.432 e. The van der Waals surface area contributed by atoms with Gasteiger partial charge in [0.25, 0.3) is 0 Å². The van der Waals surface area contributed by atoms with Crippen LogP contribution in [0.3, 0.4) is 0 Å². The summed E-state index contributed by atoms with van der Waals surface area (Å²) in [5, 5.41) is 0. The molecule has 1 saturated carbocycles. The fourth-order valence-electron chi connectivity index (χ4n) is 0.574. The first-order valence-electron chi connectivity index (χ1n) is 3.07. The summed E-state index contributed by atoms with van der Waals surface area (Å²) in [6.45, 7) is 5.14. The number of carbonyl (C=O) groups excluding carboxylic acids is 1. The van der Waals surface area contributed by atoms with E-state index < -0.39 is 0 Å². The van der Waals surface area contributed by atoms with Crippen LogP contribution in [0.2, 0.25) is 0 Å².